The van der Waals surface area contributed by atoms with Crippen LogP contribution in [0.3, 0.4) is 0 Å². The van der Waals surface area contributed by atoms with Gasteiger partial charge in [0.25, 0.3) is 0 Å². The highest BCUT2D eigenvalue weighted by atomic mass is 32.1. The van der Waals surface area contributed by atoms with Gasteiger partial charge in [0.2, 0.25) is 0 Å². The molecule has 11 rings (SSSR count). The second-order valence-electron chi connectivity index (χ2n) is 21.0. The maximum absolute atomic E-state index is 5.23. The first-order chi connectivity index (χ1) is 37.6. The quantitative estimate of drug-likeness (QED) is 0.161. The molecule has 0 amide bonds. The number of nitrogens with one attached hydrogen (secondary N) is 5. The number of aryl methyl sites for hydroxylation is 6. The normalized spacial score (nSPS) is 19.7. The molecule has 79 heavy (non-hydrogen) atoms. The average molecular weight is 1160 g/mol. The van der Waals surface area contributed by atoms with Crippen LogP contribution in [-0.4, -0.2) is 187 Å². The predicted molar refractivity (Wildman–Crippen MR) is 336 cm³/mol. The van der Waals surface area contributed by atoms with Gasteiger partial charge in [-0.25, -0.2) is 9.97 Å². The topological polar surface area (TPSA) is 134 Å². The molecule has 0 aromatic carbocycles. The zero-order chi connectivity index (χ0) is 57.4. The molecule has 15 nitrogen and oxygen atoms in total. The molecule has 0 aliphatic carbocycles. The van der Waals surface area contributed by atoms with E-state index < -0.39 is 0 Å². The molecule has 446 valence electrons. The summed E-state index contributed by atoms with van der Waals surface area (Å²) >= 11 is 5.07. The summed E-state index contributed by atoms with van der Waals surface area (Å²) in [5, 5.41) is 7.19. The van der Waals surface area contributed by atoms with Crippen LogP contribution in [0.2, 0.25) is 0 Å². The van der Waals surface area contributed by atoms with E-state index in [0.717, 1.165) is 41.2 Å². The van der Waals surface area contributed by atoms with Gasteiger partial charge in [-0.3, -0.25) is 29.8 Å². The standard InChI is InChI=1S/C7H15NO.C7H15N.C6H14N2.C6H7N.C6H13N.2C5H6N2.C5H11NO.C5H6S.2C4H5NS.CH4/c1-8-5-3-7(9-2)4-6-8;2*1-7-3-5-8(2)6-4-7;1-6-3-2-4-7-5-6;1-7-5-3-2-4-6-7;1-5-4-6-2-3-7-5;1-5-2-3-6-4-7-5;1-6-2-4-7-5-3-6;1-5-3-2-4-6-5;1-4-2-6-3-5-4;1-4-5-2-3-6-4;/h7H,3-6H2,1-2H3;7H,3-6H2,1-2H3;3-6H2,1-2H3;2-5H,1H3;2-6H2,1H3;2*2-4H,1H3;2-5H2,1H3;2-4H,1H3;2*2-3H,1H3;1H4/p+5. The van der Waals surface area contributed by atoms with Gasteiger partial charge in [-0.05, 0) is 116 Å². The van der Waals surface area contributed by atoms with E-state index in [4.69, 9.17) is 9.47 Å². The van der Waals surface area contributed by atoms with Crippen molar-refractivity contribution in [3.63, 3.8) is 0 Å². The number of thiophene rings is 1. The third-order valence-corrected chi connectivity index (χ3v) is 15.4. The van der Waals surface area contributed by atoms with Gasteiger partial charge in [-0.15, -0.1) is 34.0 Å². The van der Waals surface area contributed by atoms with E-state index in [9.17, 15) is 0 Å². The number of quaternary nitrogens is 5. The average Bonchev–Trinajstić information content (AvgIpc) is 4.27. The van der Waals surface area contributed by atoms with Gasteiger partial charge in [0.15, 0.2) is 0 Å². The molecule has 0 bridgehead atoms. The lowest BCUT2D eigenvalue weighted by Gasteiger charge is -2.26. The van der Waals surface area contributed by atoms with Crippen molar-refractivity contribution in [2.24, 2.45) is 5.92 Å². The van der Waals surface area contributed by atoms with Crippen LogP contribution >= 0.6 is 34.0 Å². The Morgan fingerprint density at radius 2 is 1.16 bits per heavy atom. The monoisotopic (exact) mass is 1150 g/mol. The van der Waals surface area contributed by atoms with Crippen molar-refractivity contribution in [2.45, 2.75) is 107 Å². The number of piperidine rings is 3. The lowest BCUT2D eigenvalue weighted by Crippen LogP contribution is -3.11. The highest BCUT2D eigenvalue weighted by Crippen LogP contribution is 2.06. The van der Waals surface area contributed by atoms with Crippen molar-refractivity contribution in [2.75, 3.05) is 141 Å². The highest BCUT2D eigenvalue weighted by molar-refractivity contribution is 7.10. The van der Waals surface area contributed by atoms with Crippen molar-refractivity contribution in [1.82, 2.24) is 39.8 Å². The Hall–Kier alpha value is -4.05. The molecule has 0 unspecified atom stereocenters. The largest absolute Gasteiger partial charge is 0.381 e. The molecule has 5 fully saturated rings. The van der Waals surface area contributed by atoms with Crippen molar-refractivity contribution in [1.29, 1.82) is 0 Å². The van der Waals surface area contributed by atoms with E-state index in [0.29, 0.717) is 6.10 Å². The Bertz CT molecular complexity index is 1860. The third-order valence-electron chi connectivity index (χ3n) is 13.1. The molecule has 0 spiro atoms. The minimum absolute atomic E-state index is 0. The van der Waals surface area contributed by atoms with Crippen LogP contribution in [0.4, 0.5) is 0 Å². The third kappa shape index (κ3) is 48.4. The maximum atomic E-state index is 5.23. The summed E-state index contributed by atoms with van der Waals surface area (Å²) in [6.45, 7) is 31.9. The molecule has 11 heterocycles. The number of hydrogen-bond donors (Lipinski definition) is 5. The number of pyridine rings is 1. The zero-order valence-electron chi connectivity index (χ0n) is 50.9. The number of thiazole rings is 2. The van der Waals surface area contributed by atoms with E-state index in [2.05, 4.69) is 113 Å². The molecule has 5 aliphatic rings. The minimum atomic E-state index is 0. The molecule has 18 heteroatoms. The van der Waals surface area contributed by atoms with Crippen molar-refractivity contribution in [3.8, 4) is 0 Å². The van der Waals surface area contributed by atoms with Crippen LogP contribution in [0.15, 0.2) is 102 Å². The van der Waals surface area contributed by atoms with E-state index in [1.165, 1.54) is 140 Å². The zero-order valence-corrected chi connectivity index (χ0v) is 53.4. The number of piperazine rings is 1. The Morgan fingerprint density at radius 3 is 1.44 bits per heavy atom. The fourth-order valence-electron chi connectivity index (χ4n) is 7.56. The van der Waals surface area contributed by atoms with Crippen molar-refractivity contribution >= 4 is 34.0 Å². The smallest absolute Gasteiger partial charge is 0.115 e. The lowest BCUT2D eigenvalue weighted by atomic mass is 10.00. The number of aromatic nitrogens is 7. The molecule has 5 saturated heterocycles. The first-order valence-corrected chi connectivity index (χ1v) is 31.1. The maximum Gasteiger partial charge on any atom is 0.115 e. The predicted octanol–water partition coefficient (Wildman–Crippen LogP) is 4.46. The van der Waals surface area contributed by atoms with Crippen LogP contribution < -0.4 is 24.5 Å². The second kappa shape index (κ2) is 50.9. The number of hydrogen-bond acceptors (Lipinski definition) is 13. The Morgan fingerprint density at radius 1 is 0.557 bits per heavy atom. The van der Waals surface area contributed by atoms with Crippen LogP contribution in [0.25, 0.3) is 0 Å². The number of likely N-dealkylation sites (tertiary alicyclic amines) is 3. The number of rotatable bonds is 1. The van der Waals surface area contributed by atoms with Gasteiger partial charge in [0.1, 0.15) is 19.4 Å². The van der Waals surface area contributed by atoms with Gasteiger partial charge < -0.3 is 34.0 Å². The SMILES string of the molecule is C.CC1CC[NH+](C)CC1.CN1CC[NH+](C)CC1.COC1CC[NH+](C)CC1.C[NH+]1CCCCC1.C[NH+]1CCOCC1.Cc1cccnc1.Cc1cccs1.Cc1ccncn1.Cc1cnccn1.Cc1cscn1.Cc1nccs1. The highest BCUT2D eigenvalue weighted by Gasteiger charge is 2.18. The summed E-state index contributed by atoms with van der Waals surface area (Å²) < 4.78 is 10.3. The number of nitrogens with zero attached hydrogens (tertiary/aromatic N) is 8. The molecule has 0 radical (unpaired) electrons. The van der Waals surface area contributed by atoms with E-state index in [1.807, 2.05) is 82.4 Å². The first-order valence-electron chi connectivity index (χ1n) is 28.4. The van der Waals surface area contributed by atoms with E-state index in [1.54, 1.807) is 95.7 Å². The van der Waals surface area contributed by atoms with Crippen LogP contribution in [0.5, 0.6) is 0 Å². The van der Waals surface area contributed by atoms with Crippen LogP contribution in [-0.2, 0) is 9.47 Å². The summed E-state index contributed by atoms with van der Waals surface area (Å²) in [5.74, 6) is 0.999. The van der Waals surface area contributed by atoms with Gasteiger partial charge in [0, 0.05) is 103 Å². The van der Waals surface area contributed by atoms with Crippen molar-refractivity contribution < 1.29 is 34.0 Å². The fraction of sp³-hybridized carbons (Fsp3) is 0.623. The van der Waals surface area contributed by atoms with Gasteiger partial charge >= 0.3 is 0 Å². The Kier molecular flexibility index (Phi) is 48.3. The summed E-state index contributed by atoms with van der Waals surface area (Å²) in [7, 11) is 15.3. The molecule has 6 aromatic heterocycles. The molecule has 5 aliphatic heterocycles. The number of ether oxygens (including phenoxy) is 2. The van der Waals surface area contributed by atoms with Gasteiger partial charge in [-0.2, -0.15) is 0 Å². The summed E-state index contributed by atoms with van der Waals surface area (Å²) in [4.78, 5) is 39.2. The van der Waals surface area contributed by atoms with Gasteiger partial charge in [-0.1, -0.05) is 26.5 Å². The first kappa shape index (κ1) is 75.0. The van der Waals surface area contributed by atoms with E-state index in [-0.39, 0.29) is 7.43 Å². The van der Waals surface area contributed by atoms with E-state index >= 15 is 0 Å². The number of methoxy groups -OCH3 is 1. The number of likely N-dealkylation sites (N-methyl/N-ethyl adjacent to an activating group) is 3. The lowest BCUT2D eigenvalue weighted by molar-refractivity contribution is -0.888. The molecule has 0 saturated carbocycles. The minimum Gasteiger partial charge on any atom is -0.381 e. The van der Waals surface area contributed by atoms with Crippen LogP contribution in [0.1, 0.15) is 91.8 Å². The second-order valence-corrected chi connectivity index (χ2v) is 24.0. The Labute approximate surface area is 493 Å². The number of morpholine rings is 1. The Balaban J connectivity index is 0.000000848. The molecule has 0 atom stereocenters. The van der Waals surface area contributed by atoms with Crippen molar-refractivity contribution in [3.05, 3.63) is 134 Å². The summed E-state index contributed by atoms with van der Waals surface area (Å²) in [6.07, 6.45) is 24.0. The molecule has 6 aromatic rings. The molecular formula is C61H112N13O2S3+5. The van der Waals surface area contributed by atoms with Gasteiger partial charge in [0.05, 0.1) is 123 Å². The molecular weight excluding hydrogens is 1040 g/mol. The summed E-state index contributed by atoms with van der Waals surface area (Å²) in [6, 6.07) is 9.97. The summed E-state index contributed by atoms with van der Waals surface area (Å²) in [5.41, 5.74) is 6.12. The fourth-order valence-corrected chi connectivity index (χ4v) is 9.07. The van der Waals surface area contributed by atoms with Crippen LogP contribution in [0, 0.1) is 47.5 Å². The molecule has 5 N–H and O–H groups in total.